The van der Waals surface area contributed by atoms with Gasteiger partial charge in [0.2, 0.25) is 11.8 Å². The Labute approximate surface area is 221 Å². The van der Waals surface area contributed by atoms with E-state index < -0.39 is 5.97 Å². The van der Waals surface area contributed by atoms with Crippen LogP contribution in [0.2, 0.25) is 0 Å². The van der Waals surface area contributed by atoms with Crippen LogP contribution in [-0.2, 0) is 14.4 Å². The van der Waals surface area contributed by atoms with Gasteiger partial charge in [-0.15, -0.1) is 11.8 Å². The second kappa shape index (κ2) is 9.20. The number of carbonyl (C=O) groups excluding carboxylic acids is 2. The van der Waals surface area contributed by atoms with Crippen LogP contribution in [0, 0.1) is 29.6 Å². The largest absolute Gasteiger partial charge is 0.504 e. The number of amides is 2. The zero-order valence-corrected chi connectivity index (χ0v) is 21.8. The lowest BCUT2D eigenvalue weighted by molar-refractivity contribution is -0.141. The molecule has 2 aliphatic heterocycles. The van der Waals surface area contributed by atoms with Crippen molar-refractivity contribution in [3.8, 4) is 11.5 Å². The minimum absolute atomic E-state index is 0.0242. The summed E-state index contributed by atoms with van der Waals surface area (Å²) in [4.78, 5) is 55.4. The molecule has 0 unspecified atom stereocenters. The summed E-state index contributed by atoms with van der Waals surface area (Å²) in [5.41, 5.74) is 0.928. The minimum Gasteiger partial charge on any atom is -0.504 e. The average molecular weight is 545 g/mol. The first-order valence-electron chi connectivity index (χ1n) is 12.6. The molecule has 4 aliphatic rings. The van der Waals surface area contributed by atoms with E-state index >= 15 is 0 Å². The number of ether oxygens (including phenoxy) is 1. The van der Waals surface area contributed by atoms with Crippen molar-refractivity contribution in [1.29, 1.82) is 0 Å². The zero-order chi connectivity index (χ0) is 26.0. The number of fused-ring (bicyclic) bond motifs is 9. The first kappa shape index (κ1) is 24.5. The fourth-order valence-electron chi connectivity index (χ4n) is 7.28. The number of aliphatic carboxylic acids is 1. The van der Waals surface area contributed by atoms with Gasteiger partial charge in [0.15, 0.2) is 11.5 Å². The van der Waals surface area contributed by atoms with Crippen LogP contribution in [0.1, 0.15) is 48.5 Å². The maximum Gasteiger partial charge on any atom is 0.305 e. The lowest BCUT2D eigenvalue weighted by atomic mass is 9.68. The van der Waals surface area contributed by atoms with E-state index in [4.69, 9.17) is 9.84 Å². The standard InChI is InChI=1S/C26H28N2O7S2/c1-35-15-9-11(6-7-14(15)29)17-18-12-10-13(21(18)36-23-22(17)37-26(34)27-23)20-19(12)24(32)28(25(20)33)8-4-2-3-5-16(30)31/h6-7,9,12-13,17-21,29H,2-5,8,10H2,1H3,(H,27,34)(H,30,31)/t12-,13+,17+,18-,19+,20-,21-/m1/s1. The molecular weight excluding hydrogens is 516 g/mol. The molecule has 3 fully saturated rings. The molecule has 1 aromatic heterocycles. The molecule has 0 radical (unpaired) electrons. The maximum atomic E-state index is 13.6. The van der Waals surface area contributed by atoms with Crippen LogP contribution < -0.4 is 9.61 Å². The Kier molecular flexibility index (Phi) is 6.10. The first-order valence-corrected chi connectivity index (χ1v) is 14.3. The number of thioether (sulfide) groups is 1. The topological polar surface area (TPSA) is 137 Å². The average Bonchev–Trinajstić information content (AvgIpc) is 3.59. The molecule has 3 heterocycles. The number of phenolic OH excluding ortho intramolecular Hbond substituents is 1. The Bertz CT molecular complexity index is 1340. The number of methoxy groups -OCH3 is 1. The van der Waals surface area contributed by atoms with Gasteiger partial charge in [0.25, 0.3) is 0 Å². The smallest absolute Gasteiger partial charge is 0.305 e. The van der Waals surface area contributed by atoms with Crippen molar-refractivity contribution in [1.82, 2.24) is 9.88 Å². The second-order valence-electron chi connectivity index (χ2n) is 10.4. The Balaban J connectivity index is 1.31. The highest BCUT2D eigenvalue weighted by Crippen LogP contribution is 2.68. The summed E-state index contributed by atoms with van der Waals surface area (Å²) >= 11 is 2.83. The zero-order valence-electron chi connectivity index (χ0n) is 20.2. The van der Waals surface area contributed by atoms with Crippen LogP contribution in [0.5, 0.6) is 11.5 Å². The van der Waals surface area contributed by atoms with Crippen molar-refractivity contribution in [3.63, 3.8) is 0 Å². The highest BCUT2D eigenvalue weighted by Gasteiger charge is 2.69. The summed E-state index contributed by atoms with van der Waals surface area (Å²) in [6.45, 7) is 0.339. The SMILES string of the molecule is COc1cc([C@@H]2c3sc(=O)[nH]c3S[C@@H]3[C@H]4C[C@@H]([C@@H]5C(=O)N(CCCCCC(=O)O)C(=O)[C@H]45)[C@H]23)ccc1O. The van der Waals surface area contributed by atoms with Crippen molar-refractivity contribution in [3.05, 3.63) is 38.3 Å². The highest BCUT2D eigenvalue weighted by atomic mass is 32.2. The molecule has 37 heavy (non-hydrogen) atoms. The number of benzene rings is 1. The molecule has 11 heteroatoms. The van der Waals surface area contributed by atoms with Gasteiger partial charge in [-0.05, 0) is 54.7 Å². The molecule has 0 spiro atoms. The Morgan fingerprint density at radius 3 is 2.62 bits per heavy atom. The Morgan fingerprint density at radius 2 is 1.89 bits per heavy atom. The fraction of sp³-hybridized carbons (Fsp3) is 0.538. The molecule has 2 bridgehead atoms. The highest BCUT2D eigenvalue weighted by molar-refractivity contribution is 8.00. The van der Waals surface area contributed by atoms with Crippen molar-refractivity contribution < 1.29 is 29.3 Å². The number of likely N-dealkylation sites (tertiary alicyclic amines) is 1. The lowest BCUT2D eigenvalue weighted by Gasteiger charge is -2.43. The van der Waals surface area contributed by atoms with Crippen molar-refractivity contribution >= 4 is 40.9 Å². The fourth-order valence-corrected chi connectivity index (χ4v) is 10.2. The summed E-state index contributed by atoms with van der Waals surface area (Å²) in [6.07, 6.45) is 2.70. The third-order valence-electron chi connectivity index (χ3n) is 8.65. The number of nitrogens with one attached hydrogen (secondary N) is 1. The van der Waals surface area contributed by atoms with Crippen LogP contribution in [0.4, 0.5) is 0 Å². The minimum atomic E-state index is -0.838. The third-order valence-corrected chi connectivity index (χ3v) is 11.2. The van der Waals surface area contributed by atoms with Crippen molar-refractivity contribution in [2.45, 2.75) is 48.3 Å². The summed E-state index contributed by atoms with van der Waals surface area (Å²) < 4.78 is 5.37. The van der Waals surface area contributed by atoms with Crippen LogP contribution in [0.15, 0.2) is 28.0 Å². The summed E-state index contributed by atoms with van der Waals surface area (Å²) in [7, 11) is 1.50. The predicted octanol–water partition coefficient (Wildman–Crippen LogP) is 3.27. The molecular formula is C26H28N2O7S2. The van der Waals surface area contributed by atoms with E-state index in [0.717, 1.165) is 21.9 Å². The van der Waals surface area contributed by atoms with Gasteiger partial charge >= 0.3 is 10.8 Å². The van der Waals surface area contributed by atoms with Crippen molar-refractivity contribution in [2.24, 2.45) is 29.6 Å². The summed E-state index contributed by atoms with van der Waals surface area (Å²) in [5, 5.41) is 19.9. The van der Waals surface area contributed by atoms with Crippen LogP contribution >= 0.6 is 23.1 Å². The molecule has 6 rings (SSSR count). The van der Waals surface area contributed by atoms with E-state index in [1.165, 1.54) is 23.3 Å². The van der Waals surface area contributed by atoms with Gasteiger partial charge in [-0.2, -0.15) is 0 Å². The number of nitrogens with zero attached hydrogens (tertiary/aromatic N) is 1. The summed E-state index contributed by atoms with van der Waals surface area (Å²) in [5.74, 6) is -1.28. The van der Waals surface area contributed by atoms with Gasteiger partial charge in [0.05, 0.1) is 24.0 Å². The van der Waals surface area contributed by atoms with Gasteiger partial charge in [0, 0.05) is 29.0 Å². The van der Waals surface area contributed by atoms with Gasteiger partial charge in [-0.3, -0.25) is 24.1 Å². The maximum absolute atomic E-state index is 13.6. The van der Waals surface area contributed by atoms with E-state index in [-0.39, 0.29) is 69.6 Å². The number of aromatic nitrogens is 1. The van der Waals surface area contributed by atoms with Crippen LogP contribution in [0.25, 0.3) is 0 Å². The van der Waals surface area contributed by atoms with E-state index in [0.29, 0.717) is 31.6 Å². The Morgan fingerprint density at radius 1 is 1.14 bits per heavy atom. The van der Waals surface area contributed by atoms with Gasteiger partial charge in [-0.25, -0.2) is 0 Å². The number of carbonyl (C=O) groups is 3. The monoisotopic (exact) mass is 544 g/mol. The van der Waals surface area contributed by atoms with E-state index in [9.17, 15) is 24.3 Å². The molecule has 196 valence electrons. The number of aromatic hydroxyl groups is 1. The number of carboxylic acids is 1. The lowest BCUT2D eigenvalue weighted by Crippen LogP contribution is -2.42. The number of hydrogen-bond donors (Lipinski definition) is 3. The van der Waals surface area contributed by atoms with E-state index in [1.54, 1.807) is 17.8 Å². The number of carboxylic acid groups (broad SMARTS) is 1. The van der Waals surface area contributed by atoms with E-state index in [2.05, 4.69) is 4.98 Å². The van der Waals surface area contributed by atoms with E-state index in [1.807, 2.05) is 12.1 Å². The van der Waals surface area contributed by atoms with Crippen LogP contribution in [-0.4, -0.2) is 56.8 Å². The summed E-state index contributed by atoms with van der Waals surface area (Å²) in [6, 6.07) is 5.28. The quantitative estimate of drug-likeness (QED) is 0.340. The molecule has 1 saturated heterocycles. The van der Waals surface area contributed by atoms with Crippen molar-refractivity contribution in [2.75, 3.05) is 13.7 Å². The molecule has 2 aromatic rings. The molecule has 2 aliphatic carbocycles. The molecule has 7 atom stereocenters. The first-order chi connectivity index (χ1) is 17.8. The number of phenols is 1. The second-order valence-corrected chi connectivity index (χ2v) is 12.6. The van der Waals surface area contributed by atoms with Gasteiger partial charge < -0.3 is 19.9 Å². The number of hydrogen-bond acceptors (Lipinski definition) is 8. The molecule has 2 saturated carbocycles. The predicted molar refractivity (Wildman–Crippen MR) is 136 cm³/mol. The third kappa shape index (κ3) is 3.80. The molecule has 3 N–H and O–H groups in total. The van der Waals surface area contributed by atoms with Crippen LogP contribution in [0.3, 0.4) is 0 Å². The number of aromatic amines is 1. The van der Waals surface area contributed by atoms with Gasteiger partial charge in [0.1, 0.15) is 0 Å². The molecule has 1 aromatic carbocycles. The normalized spacial score (nSPS) is 31.4. The molecule has 2 amide bonds. The number of unbranched alkanes of at least 4 members (excludes halogenated alkanes) is 2. The number of imide groups is 1. The number of H-pyrrole nitrogens is 1. The number of rotatable bonds is 8. The number of thiazole rings is 1. The van der Waals surface area contributed by atoms with Gasteiger partial charge in [-0.1, -0.05) is 23.8 Å². The Hall–Kier alpha value is -2.79. The molecule has 9 nitrogen and oxygen atoms in total.